The minimum Gasteiger partial charge on any atom is -0.451 e. The lowest BCUT2D eigenvalue weighted by Crippen LogP contribution is -2.50. The van der Waals surface area contributed by atoms with Crippen LogP contribution in [0.3, 0.4) is 0 Å². The van der Waals surface area contributed by atoms with Crippen molar-refractivity contribution in [3.8, 4) is 11.3 Å². The Hall–Kier alpha value is -3.35. The minimum atomic E-state index is -0.113. The lowest BCUT2D eigenvalue weighted by molar-refractivity contribution is 0.0963. The number of pyridine rings is 1. The first-order valence-electron chi connectivity index (χ1n) is 12.7. The topological polar surface area (TPSA) is 52.8 Å². The number of rotatable bonds is 3. The number of hydrogen-bond donors (Lipinski definition) is 0. The van der Waals surface area contributed by atoms with Gasteiger partial charge in [-0.05, 0) is 86.0 Å². The number of fused-ring (bicyclic) bond motifs is 3. The monoisotopic (exact) mass is 498 g/mol. The molecule has 0 N–H and O–H groups in total. The first-order valence-corrected chi connectivity index (χ1v) is 13.1. The van der Waals surface area contributed by atoms with E-state index in [1.54, 1.807) is 6.07 Å². The molecule has 36 heavy (non-hydrogen) atoms. The molecule has 6 nitrogen and oxygen atoms in total. The number of furan rings is 1. The molecule has 2 aromatic carbocycles. The number of anilines is 2. The number of aromatic nitrogens is 1. The zero-order chi connectivity index (χ0) is 24.2. The second-order valence-electron chi connectivity index (χ2n) is 9.98. The number of nitrogens with zero attached hydrogens (tertiary/aromatic N) is 4. The molecule has 3 aliphatic rings. The van der Waals surface area contributed by atoms with E-state index in [0.717, 1.165) is 53.8 Å². The molecular weight excluding hydrogens is 472 g/mol. The Kier molecular flexibility index (Phi) is 5.26. The van der Waals surface area contributed by atoms with Gasteiger partial charge in [0.15, 0.2) is 5.76 Å². The van der Waals surface area contributed by atoms with Gasteiger partial charge in [-0.25, -0.2) is 0 Å². The van der Waals surface area contributed by atoms with Gasteiger partial charge in [0.2, 0.25) is 0 Å². The lowest BCUT2D eigenvalue weighted by Gasteiger charge is -2.39. The molecule has 7 rings (SSSR count). The lowest BCUT2D eigenvalue weighted by atomic mass is 10.1. The van der Waals surface area contributed by atoms with Gasteiger partial charge in [0, 0.05) is 65.8 Å². The molecule has 5 heterocycles. The van der Waals surface area contributed by atoms with Gasteiger partial charge in [-0.3, -0.25) is 14.7 Å². The van der Waals surface area contributed by atoms with Crippen molar-refractivity contribution < 1.29 is 9.21 Å². The third-order valence-corrected chi connectivity index (χ3v) is 8.19. The Bertz CT molecular complexity index is 1460. The Morgan fingerprint density at radius 1 is 0.972 bits per heavy atom. The van der Waals surface area contributed by atoms with E-state index in [1.807, 2.05) is 41.4 Å². The van der Waals surface area contributed by atoms with Gasteiger partial charge in [-0.1, -0.05) is 11.6 Å². The van der Waals surface area contributed by atoms with Gasteiger partial charge in [-0.2, -0.15) is 0 Å². The summed E-state index contributed by atoms with van der Waals surface area (Å²) in [6.45, 7) is 5.05. The highest BCUT2D eigenvalue weighted by Crippen LogP contribution is 2.38. The maximum absolute atomic E-state index is 13.5. The van der Waals surface area contributed by atoms with E-state index in [0.29, 0.717) is 29.1 Å². The highest BCUT2D eigenvalue weighted by molar-refractivity contribution is 6.30. The van der Waals surface area contributed by atoms with Crippen molar-refractivity contribution >= 4 is 39.8 Å². The van der Waals surface area contributed by atoms with Crippen LogP contribution in [0.15, 0.2) is 65.2 Å². The second kappa shape index (κ2) is 8.64. The zero-order valence-corrected chi connectivity index (χ0v) is 20.7. The average molecular weight is 499 g/mol. The quantitative estimate of drug-likeness (QED) is 0.366. The van der Waals surface area contributed by atoms with Crippen molar-refractivity contribution in [1.82, 2.24) is 9.88 Å². The minimum absolute atomic E-state index is 0.113. The molecule has 0 radical (unpaired) electrons. The summed E-state index contributed by atoms with van der Waals surface area (Å²) in [5.41, 5.74) is 5.23. The van der Waals surface area contributed by atoms with Gasteiger partial charge >= 0.3 is 0 Å². The van der Waals surface area contributed by atoms with Crippen molar-refractivity contribution in [2.75, 3.05) is 42.5 Å². The molecule has 2 saturated heterocycles. The summed E-state index contributed by atoms with van der Waals surface area (Å²) in [4.78, 5) is 25.2. The second-order valence-corrected chi connectivity index (χ2v) is 10.4. The Morgan fingerprint density at radius 2 is 1.86 bits per heavy atom. The third kappa shape index (κ3) is 3.67. The van der Waals surface area contributed by atoms with Crippen LogP contribution in [0.5, 0.6) is 0 Å². The van der Waals surface area contributed by atoms with Crippen molar-refractivity contribution in [3.05, 3.63) is 77.1 Å². The molecule has 2 fully saturated rings. The van der Waals surface area contributed by atoms with Crippen molar-refractivity contribution in [1.29, 1.82) is 0 Å². The van der Waals surface area contributed by atoms with Crippen LogP contribution in [0.4, 0.5) is 11.4 Å². The Morgan fingerprint density at radius 3 is 2.75 bits per heavy atom. The standard InChI is InChI=1S/C29H27ClN4O2/c30-21-5-3-19(4-6-21)27-7-8-28(36-27)29(35)34-13-10-20-16-24-23(17-26(20)34)25(9-11-31-24)33-15-14-32-12-1-2-22(32)18-33/h3-9,11,16-17,22H,1-2,10,12-15,18H2/t22-/m0/s1. The molecular formula is C29H27ClN4O2. The molecule has 0 unspecified atom stereocenters. The molecule has 7 heteroatoms. The van der Waals surface area contributed by atoms with Gasteiger partial charge < -0.3 is 14.2 Å². The summed E-state index contributed by atoms with van der Waals surface area (Å²) in [6, 6.07) is 18.1. The third-order valence-electron chi connectivity index (χ3n) is 7.93. The molecule has 3 aliphatic heterocycles. The van der Waals surface area contributed by atoms with Gasteiger partial charge in [0.05, 0.1) is 5.52 Å². The van der Waals surface area contributed by atoms with Crippen LogP contribution >= 0.6 is 11.6 Å². The predicted molar refractivity (Wildman–Crippen MR) is 143 cm³/mol. The van der Waals surface area contributed by atoms with Crippen LogP contribution in [-0.4, -0.2) is 54.6 Å². The predicted octanol–water partition coefficient (Wildman–Crippen LogP) is 5.64. The van der Waals surface area contributed by atoms with Crippen molar-refractivity contribution in [2.24, 2.45) is 0 Å². The van der Waals surface area contributed by atoms with Crippen LogP contribution in [0.2, 0.25) is 5.02 Å². The average Bonchev–Trinajstić information content (AvgIpc) is 3.66. The van der Waals surface area contributed by atoms with Crippen molar-refractivity contribution in [2.45, 2.75) is 25.3 Å². The van der Waals surface area contributed by atoms with Gasteiger partial charge in [0.1, 0.15) is 5.76 Å². The smallest absolute Gasteiger partial charge is 0.294 e. The van der Waals surface area contributed by atoms with Crippen LogP contribution in [0, 0.1) is 0 Å². The number of carbonyl (C=O) groups is 1. The normalized spacial score (nSPS) is 19.6. The van der Waals surface area contributed by atoms with E-state index in [1.165, 1.54) is 25.1 Å². The number of carbonyl (C=O) groups excluding carboxylic acids is 1. The van der Waals surface area contributed by atoms with Crippen LogP contribution < -0.4 is 9.80 Å². The largest absolute Gasteiger partial charge is 0.451 e. The van der Waals surface area contributed by atoms with E-state index >= 15 is 0 Å². The number of halogens is 1. The summed E-state index contributed by atoms with van der Waals surface area (Å²) >= 11 is 6.01. The number of piperazine rings is 1. The fourth-order valence-corrected chi connectivity index (χ4v) is 6.19. The molecule has 0 saturated carbocycles. The first-order chi connectivity index (χ1) is 17.6. The van der Waals surface area contributed by atoms with Crippen LogP contribution in [-0.2, 0) is 6.42 Å². The SMILES string of the molecule is O=C(c1ccc(-c2ccc(Cl)cc2)o1)N1CCc2cc3nccc(N4CCN5CCC[C@H]5C4)c3cc21. The molecule has 4 aromatic rings. The first kappa shape index (κ1) is 21.9. The van der Waals surface area contributed by atoms with E-state index in [9.17, 15) is 4.79 Å². The number of amides is 1. The molecule has 0 bridgehead atoms. The van der Waals surface area contributed by atoms with E-state index in [2.05, 4.69) is 33.0 Å². The summed E-state index contributed by atoms with van der Waals surface area (Å²) in [5, 5.41) is 1.78. The molecule has 2 aromatic heterocycles. The maximum Gasteiger partial charge on any atom is 0.294 e. The zero-order valence-electron chi connectivity index (χ0n) is 20.0. The number of hydrogen-bond acceptors (Lipinski definition) is 5. The van der Waals surface area contributed by atoms with Crippen LogP contribution in [0.1, 0.15) is 29.0 Å². The highest BCUT2D eigenvalue weighted by Gasteiger charge is 2.32. The van der Waals surface area contributed by atoms with E-state index in [4.69, 9.17) is 16.0 Å². The van der Waals surface area contributed by atoms with Crippen molar-refractivity contribution in [3.63, 3.8) is 0 Å². The number of benzene rings is 2. The summed E-state index contributed by atoms with van der Waals surface area (Å²) in [7, 11) is 0. The fraction of sp³-hybridized carbons (Fsp3) is 0.310. The van der Waals surface area contributed by atoms with Crippen LogP contribution in [0.25, 0.3) is 22.2 Å². The highest BCUT2D eigenvalue weighted by atomic mass is 35.5. The molecule has 0 spiro atoms. The van der Waals surface area contributed by atoms with E-state index < -0.39 is 0 Å². The molecule has 182 valence electrons. The van der Waals surface area contributed by atoms with Gasteiger partial charge in [-0.15, -0.1) is 0 Å². The molecule has 1 atom stereocenters. The Labute approximate surface area is 215 Å². The molecule has 1 amide bonds. The fourth-order valence-electron chi connectivity index (χ4n) is 6.07. The Balaban J connectivity index is 1.21. The summed E-state index contributed by atoms with van der Waals surface area (Å²) in [5.74, 6) is 0.889. The van der Waals surface area contributed by atoms with Gasteiger partial charge in [0.25, 0.3) is 5.91 Å². The van der Waals surface area contributed by atoms with E-state index in [-0.39, 0.29) is 5.91 Å². The summed E-state index contributed by atoms with van der Waals surface area (Å²) in [6.07, 6.45) is 5.31. The molecule has 0 aliphatic carbocycles. The summed E-state index contributed by atoms with van der Waals surface area (Å²) < 4.78 is 5.99. The maximum atomic E-state index is 13.5.